The van der Waals surface area contributed by atoms with Gasteiger partial charge in [-0.05, 0) is 67.6 Å². The number of hydrogen-bond acceptors (Lipinski definition) is 3. The second-order valence-electron chi connectivity index (χ2n) is 6.00. The van der Waals surface area contributed by atoms with Crippen molar-refractivity contribution in [1.82, 2.24) is 0 Å². The molecule has 0 saturated carbocycles. The molecule has 0 aliphatic heterocycles. The molecule has 1 amide bonds. The zero-order chi connectivity index (χ0) is 19.1. The molecule has 1 N–H and O–H groups in total. The van der Waals surface area contributed by atoms with E-state index in [0.717, 1.165) is 5.75 Å². The Bertz CT molecular complexity index is 875. The first-order valence-electron chi connectivity index (χ1n) is 8.59. The third kappa shape index (κ3) is 5.76. The smallest absolute Gasteiger partial charge is 0.255 e. The van der Waals surface area contributed by atoms with E-state index >= 15 is 0 Å². The summed E-state index contributed by atoms with van der Waals surface area (Å²) < 4.78 is 11.3. The Labute approximate surface area is 163 Å². The molecule has 0 saturated heterocycles. The highest BCUT2D eigenvalue weighted by Gasteiger charge is 2.06. The molecule has 0 atom stereocenters. The Kier molecular flexibility index (Phi) is 6.34. The van der Waals surface area contributed by atoms with Gasteiger partial charge in [0.2, 0.25) is 0 Å². The zero-order valence-corrected chi connectivity index (χ0v) is 15.7. The zero-order valence-electron chi connectivity index (χ0n) is 14.9. The third-order valence-corrected chi connectivity index (χ3v) is 4.11. The number of aryl methyl sites for hydroxylation is 1. The number of amides is 1. The number of carbonyl (C=O) groups excluding carboxylic acids is 1. The van der Waals surface area contributed by atoms with Gasteiger partial charge >= 0.3 is 0 Å². The summed E-state index contributed by atoms with van der Waals surface area (Å²) in [5.74, 6) is 1.32. The first-order valence-corrected chi connectivity index (χ1v) is 8.97. The van der Waals surface area contributed by atoms with Crippen LogP contribution in [-0.4, -0.2) is 19.1 Å². The van der Waals surface area contributed by atoms with Crippen LogP contribution in [0.5, 0.6) is 11.5 Å². The fraction of sp³-hybridized carbons (Fsp3) is 0.136. The molecule has 0 aliphatic carbocycles. The average Bonchev–Trinajstić information content (AvgIpc) is 2.69. The van der Waals surface area contributed by atoms with Crippen LogP contribution in [0.2, 0.25) is 5.02 Å². The van der Waals surface area contributed by atoms with Crippen LogP contribution in [0.15, 0.2) is 72.8 Å². The summed E-state index contributed by atoms with van der Waals surface area (Å²) in [6, 6.07) is 21.8. The van der Waals surface area contributed by atoms with Crippen molar-refractivity contribution in [3.05, 3.63) is 88.9 Å². The lowest BCUT2D eigenvalue weighted by Crippen LogP contribution is -2.12. The molecule has 5 heteroatoms. The van der Waals surface area contributed by atoms with Gasteiger partial charge in [0.1, 0.15) is 24.7 Å². The van der Waals surface area contributed by atoms with Gasteiger partial charge in [-0.25, -0.2) is 0 Å². The topological polar surface area (TPSA) is 47.6 Å². The minimum absolute atomic E-state index is 0.188. The third-order valence-electron chi connectivity index (χ3n) is 3.86. The number of anilines is 1. The van der Waals surface area contributed by atoms with Gasteiger partial charge in [0.25, 0.3) is 5.91 Å². The molecule has 0 aliphatic rings. The second-order valence-corrected chi connectivity index (χ2v) is 6.43. The van der Waals surface area contributed by atoms with E-state index in [9.17, 15) is 4.79 Å². The number of carbonyl (C=O) groups is 1. The molecular weight excluding hydrogens is 362 g/mol. The van der Waals surface area contributed by atoms with E-state index in [1.54, 1.807) is 48.5 Å². The number of rotatable bonds is 7. The highest BCUT2D eigenvalue weighted by Crippen LogP contribution is 2.17. The van der Waals surface area contributed by atoms with Crippen LogP contribution in [0.4, 0.5) is 5.69 Å². The normalized spacial score (nSPS) is 10.3. The Hall–Kier alpha value is -2.98. The van der Waals surface area contributed by atoms with Gasteiger partial charge in [-0.1, -0.05) is 29.3 Å². The van der Waals surface area contributed by atoms with Gasteiger partial charge in [-0.15, -0.1) is 0 Å². The number of nitrogens with one attached hydrogen (secondary N) is 1. The van der Waals surface area contributed by atoms with Crippen molar-refractivity contribution < 1.29 is 14.3 Å². The van der Waals surface area contributed by atoms with Gasteiger partial charge in [0, 0.05) is 16.3 Å². The lowest BCUT2D eigenvalue weighted by Gasteiger charge is -2.09. The molecule has 0 unspecified atom stereocenters. The van der Waals surface area contributed by atoms with Crippen LogP contribution in [0.25, 0.3) is 0 Å². The maximum Gasteiger partial charge on any atom is 0.255 e. The van der Waals surface area contributed by atoms with E-state index in [4.69, 9.17) is 21.1 Å². The van der Waals surface area contributed by atoms with Gasteiger partial charge in [0.15, 0.2) is 0 Å². The summed E-state index contributed by atoms with van der Waals surface area (Å²) in [7, 11) is 0. The minimum Gasteiger partial charge on any atom is -0.490 e. The van der Waals surface area contributed by atoms with Crippen molar-refractivity contribution in [3.63, 3.8) is 0 Å². The first kappa shape index (κ1) is 18.8. The summed E-state index contributed by atoms with van der Waals surface area (Å²) in [4.78, 5) is 12.2. The molecule has 4 nitrogen and oxygen atoms in total. The largest absolute Gasteiger partial charge is 0.490 e. The Morgan fingerprint density at radius 3 is 1.89 bits per heavy atom. The summed E-state index contributed by atoms with van der Waals surface area (Å²) >= 11 is 5.84. The highest BCUT2D eigenvalue weighted by molar-refractivity contribution is 6.30. The summed E-state index contributed by atoms with van der Waals surface area (Å²) in [5, 5.41) is 3.45. The maximum atomic E-state index is 12.2. The SMILES string of the molecule is Cc1ccc(OCCOc2ccc(C(=O)Nc3ccc(Cl)cc3)cc2)cc1. The van der Waals surface area contributed by atoms with Gasteiger partial charge in [0.05, 0.1) is 0 Å². The molecule has 3 aromatic rings. The second kappa shape index (κ2) is 9.10. The highest BCUT2D eigenvalue weighted by atomic mass is 35.5. The van der Waals surface area contributed by atoms with Crippen molar-refractivity contribution in [2.24, 2.45) is 0 Å². The van der Waals surface area contributed by atoms with Crippen LogP contribution >= 0.6 is 11.6 Å². The average molecular weight is 382 g/mol. The molecule has 0 radical (unpaired) electrons. The molecule has 0 aromatic heterocycles. The molecule has 0 heterocycles. The lowest BCUT2D eigenvalue weighted by molar-refractivity contribution is 0.102. The molecule has 0 spiro atoms. The molecule has 0 bridgehead atoms. The Morgan fingerprint density at radius 1 is 0.815 bits per heavy atom. The Morgan fingerprint density at radius 2 is 1.33 bits per heavy atom. The van der Waals surface area contributed by atoms with Crippen LogP contribution in [0.3, 0.4) is 0 Å². The molecule has 0 fully saturated rings. The monoisotopic (exact) mass is 381 g/mol. The number of ether oxygens (including phenoxy) is 2. The van der Waals surface area contributed by atoms with Gasteiger partial charge in [-0.3, -0.25) is 4.79 Å². The van der Waals surface area contributed by atoms with E-state index in [1.807, 2.05) is 31.2 Å². The fourth-order valence-electron chi connectivity index (χ4n) is 2.39. The number of benzene rings is 3. The minimum atomic E-state index is -0.188. The molecule has 3 aromatic carbocycles. The van der Waals surface area contributed by atoms with Gasteiger partial charge < -0.3 is 14.8 Å². The predicted octanol–water partition coefficient (Wildman–Crippen LogP) is 5.36. The first-order chi connectivity index (χ1) is 13.1. The maximum absolute atomic E-state index is 12.2. The molecular formula is C22H20ClNO3. The standard InChI is InChI=1S/C22H20ClNO3/c1-16-2-10-20(11-3-16)26-14-15-27-21-12-4-17(5-13-21)22(25)24-19-8-6-18(23)7-9-19/h2-13H,14-15H2,1H3,(H,24,25). The summed E-state index contributed by atoms with van der Waals surface area (Å²) in [5.41, 5.74) is 2.44. The molecule has 3 rings (SSSR count). The van der Waals surface area contributed by atoms with E-state index in [2.05, 4.69) is 5.32 Å². The number of hydrogen-bond donors (Lipinski definition) is 1. The van der Waals surface area contributed by atoms with E-state index in [0.29, 0.717) is 35.2 Å². The quantitative estimate of drug-likeness (QED) is 0.560. The summed E-state index contributed by atoms with van der Waals surface area (Å²) in [6.07, 6.45) is 0. The molecule has 27 heavy (non-hydrogen) atoms. The fourth-order valence-corrected chi connectivity index (χ4v) is 2.52. The Balaban J connectivity index is 1.45. The number of halogens is 1. The van der Waals surface area contributed by atoms with Crippen LogP contribution in [0, 0.1) is 6.92 Å². The van der Waals surface area contributed by atoms with Crippen molar-refractivity contribution in [2.75, 3.05) is 18.5 Å². The predicted molar refractivity (Wildman–Crippen MR) is 108 cm³/mol. The van der Waals surface area contributed by atoms with Crippen LogP contribution < -0.4 is 14.8 Å². The lowest BCUT2D eigenvalue weighted by atomic mass is 10.2. The van der Waals surface area contributed by atoms with Gasteiger partial charge in [-0.2, -0.15) is 0 Å². The summed E-state index contributed by atoms with van der Waals surface area (Å²) in [6.45, 7) is 2.90. The van der Waals surface area contributed by atoms with Crippen molar-refractivity contribution >= 4 is 23.2 Å². The van der Waals surface area contributed by atoms with Crippen molar-refractivity contribution in [2.45, 2.75) is 6.92 Å². The van der Waals surface area contributed by atoms with Crippen LogP contribution in [-0.2, 0) is 0 Å². The van der Waals surface area contributed by atoms with E-state index in [1.165, 1.54) is 5.56 Å². The van der Waals surface area contributed by atoms with Crippen LogP contribution in [0.1, 0.15) is 15.9 Å². The van der Waals surface area contributed by atoms with Crippen molar-refractivity contribution in [1.29, 1.82) is 0 Å². The molecule has 138 valence electrons. The van der Waals surface area contributed by atoms with E-state index in [-0.39, 0.29) is 5.91 Å². The van der Waals surface area contributed by atoms with E-state index < -0.39 is 0 Å². The van der Waals surface area contributed by atoms with Crippen molar-refractivity contribution in [3.8, 4) is 11.5 Å².